The van der Waals surface area contributed by atoms with Crippen LogP contribution in [0.4, 0.5) is 11.6 Å². The molecule has 0 bridgehead atoms. The van der Waals surface area contributed by atoms with E-state index in [1.807, 2.05) is 0 Å². The zero-order valence-electron chi connectivity index (χ0n) is 13.9. The summed E-state index contributed by atoms with van der Waals surface area (Å²) in [6, 6.07) is 0. The largest absolute Gasteiger partial charge is 0.304 e. The van der Waals surface area contributed by atoms with E-state index in [-0.39, 0.29) is 23.1 Å². The number of aryl methyl sites for hydroxylation is 2. The summed E-state index contributed by atoms with van der Waals surface area (Å²) in [7, 11) is 3.31. The molecule has 0 saturated heterocycles. The molecule has 0 aliphatic carbocycles. The number of amides is 2. The minimum absolute atomic E-state index is 0.00429. The van der Waals surface area contributed by atoms with Gasteiger partial charge in [0.2, 0.25) is 33.8 Å². The topological polar surface area (TPSA) is 184 Å². The van der Waals surface area contributed by atoms with Gasteiger partial charge in [0.15, 0.2) is 0 Å². The Hall–Kier alpha value is -3.08. The van der Waals surface area contributed by atoms with Crippen LogP contribution < -0.4 is 10.6 Å². The van der Waals surface area contributed by atoms with Gasteiger partial charge in [-0.2, -0.15) is 0 Å². The number of aromatic nitrogens is 10. The molecule has 3 aromatic rings. The maximum absolute atomic E-state index is 12.0. The number of anilines is 2. The first-order valence-electron chi connectivity index (χ1n) is 7.15. The molecule has 3 aromatic heterocycles. The molecule has 0 radical (unpaired) electrons. The average Bonchev–Trinajstić information content (AvgIpc) is 3.34. The average molecular weight is 412 g/mol. The third kappa shape index (κ3) is 4.97. The van der Waals surface area contributed by atoms with Crippen molar-refractivity contribution in [3.8, 4) is 0 Å². The number of nitrogens with one attached hydrogen (secondary N) is 2. The first-order valence-corrected chi connectivity index (χ1v) is 9.12. The van der Waals surface area contributed by atoms with Crippen LogP contribution >= 0.6 is 23.5 Å². The quantitative estimate of drug-likeness (QED) is 0.411. The van der Waals surface area contributed by atoms with E-state index < -0.39 is 11.8 Å². The Bertz CT molecular complexity index is 863. The fraction of sp³-hybridized carbons (Fsp3) is 0.400. The second-order valence-corrected chi connectivity index (χ2v) is 6.69. The number of tetrazole rings is 2. The van der Waals surface area contributed by atoms with Crippen LogP contribution in [0.5, 0.6) is 0 Å². The Morgan fingerprint density at radius 1 is 0.889 bits per heavy atom. The monoisotopic (exact) mass is 412 g/mol. The van der Waals surface area contributed by atoms with Crippen molar-refractivity contribution in [1.29, 1.82) is 0 Å². The van der Waals surface area contributed by atoms with E-state index in [4.69, 9.17) is 0 Å². The summed E-state index contributed by atoms with van der Waals surface area (Å²) in [6.45, 7) is 0. The van der Waals surface area contributed by atoms with Crippen LogP contribution in [0.15, 0.2) is 14.9 Å². The number of rotatable bonds is 8. The van der Waals surface area contributed by atoms with Gasteiger partial charge in [-0.1, -0.05) is 23.5 Å². The van der Waals surface area contributed by atoms with Crippen LogP contribution in [0.25, 0.3) is 0 Å². The summed E-state index contributed by atoms with van der Waals surface area (Å²) in [5, 5.41) is 34.8. The van der Waals surface area contributed by atoms with Crippen molar-refractivity contribution in [3.63, 3.8) is 0 Å². The Morgan fingerprint density at radius 2 is 1.33 bits per heavy atom. The maximum Gasteiger partial charge on any atom is 0.236 e. The number of nitrogens with zero attached hydrogens (tertiary/aromatic N) is 10. The van der Waals surface area contributed by atoms with Gasteiger partial charge in [0.05, 0.1) is 11.5 Å². The Morgan fingerprint density at radius 3 is 1.70 bits per heavy atom. The lowest BCUT2D eigenvalue weighted by atomic mass is 10.5. The van der Waals surface area contributed by atoms with Crippen molar-refractivity contribution in [2.45, 2.75) is 10.3 Å². The standard InChI is InChI=1S/C10H12N12O3S2/c1-21-9(13-17-19-21)26-3-5(23)11-7-8(16-25-15-7)12-6(24)4-27-10-14-18-20-22(10)2/h3-4H2,1-2H3,(H,11,15,23)(H,12,16,24). The van der Waals surface area contributed by atoms with Gasteiger partial charge in [0.1, 0.15) is 0 Å². The van der Waals surface area contributed by atoms with Gasteiger partial charge in [-0.25, -0.2) is 14.0 Å². The zero-order valence-corrected chi connectivity index (χ0v) is 15.6. The molecule has 2 amide bonds. The van der Waals surface area contributed by atoms with Gasteiger partial charge in [0.25, 0.3) is 0 Å². The third-order valence-electron chi connectivity index (χ3n) is 2.83. The molecular weight excluding hydrogens is 400 g/mol. The molecule has 0 aromatic carbocycles. The molecule has 2 N–H and O–H groups in total. The first-order chi connectivity index (χ1) is 13.0. The zero-order chi connectivity index (χ0) is 19.2. The second kappa shape index (κ2) is 8.54. The number of carbonyl (C=O) groups is 2. The molecule has 3 heterocycles. The molecule has 0 saturated carbocycles. The van der Waals surface area contributed by atoms with Gasteiger partial charge in [0, 0.05) is 14.1 Å². The molecule has 27 heavy (non-hydrogen) atoms. The van der Waals surface area contributed by atoms with Crippen LogP contribution in [0, 0.1) is 0 Å². The number of carbonyl (C=O) groups excluding carboxylic acids is 2. The van der Waals surface area contributed by atoms with E-state index in [9.17, 15) is 9.59 Å². The van der Waals surface area contributed by atoms with Gasteiger partial charge in [-0.3, -0.25) is 9.59 Å². The number of hydrogen-bond acceptors (Lipinski definition) is 13. The van der Waals surface area contributed by atoms with E-state index in [1.165, 1.54) is 9.36 Å². The van der Waals surface area contributed by atoms with Crippen LogP contribution in [0.2, 0.25) is 0 Å². The van der Waals surface area contributed by atoms with Gasteiger partial charge in [-0.15, -0.1) is 10.2 Å². The smallest absolute Gasteiger partial charge is 0.236 e. The molecule has 142 valence electrons. The summed E-state index contributed by atoms with van der Waals surface area (Å²) in [4.78, 5) is 24.0. The fourth-order valence-electron chi connectivity index (χ4n) is 1.64. The van der Waals surface area contributed by atoms with E-state index >= 15 is 0 Å². The summed E-state index contributed by atoms with van der Waals surface area (Å²) in [5.74, 6) is -0.736. The normalized spacial score (nSPS) is 10.7. The van der Waals surface area contributed by atoms with Crippen LogP contribution in [-0.4, -0.2) is 74.0 Å². The molecule has 15 nitrogen and oxygen atoms in total. The highest BCUT2D eigenvalue weighted by Crippen LogP contribution is 2.19. The van der Waals surface area contributed by atoms with Crippen molar-refractivity contribution >= 4 is 47.0 Å². The lowest BCUT2D eigenvalue weighted by Gasteiger charge is -2.04. The van der Waals surface area contributed by atoms with Gasteiger partial charge in [-0.05, 0) is 31.2 Å². The molecule has 0 aliphatic rings. The first kappa shape index (κ1) is 18.7. The second-order valence-electron chi connectivity index (χ2n) is 4.81. The van der Waals surface area contributed by atoms with Gasteiger partial charge < -0.3 is 10.6 Å². The van der Waals surface area contributed by atoms with Crippen molar-refractivity contribution in [1.82, 2.24) is 50.7 Å². The summed E-state index contributed by atoms with van der Waals surface area (Å²) >= 11 is 2.27. The van der Waals surface area contributed by atoms with E-state index in [0.717, 1.165) is 23.5 Å². The minimum Gasteiger partial charge on any atom is -0.304 e. The molecule has 0 fully saturated rings. The molecule has 0 unspecified atom stereocenters. The molecule has 0 spiro atoms. The van der Waals surface area contributed by atoms with Crippen molar-refractivity contribution < 1.29 is 14.2 Å². The highest BCUT2D eigenvalue weighted by Gasteiger charge is 2.17. The molecule has 0 aliphatic heterocycles. The van der Waals surface area contributed by atoms with Crippen LogP contribution in [0.3, 0.4) is 0 Å². The van der Waals surface area contributed by atoms with Crippen molar-refractivity contribution in [2.75, 3.05) is 22.1 Å². The van der Waals surface area contributed by atoms with E-state index in [1.54, 1.807) is 14.1 Å². The lowest BCUT2D eigenvalue weighted by Crippen LogP contribution is -2.19. The lowest BCUT2D eigenvalue weighted by molar-refractivity contribution is -0.114. The Kier molecular flexibility index (Phi) is 5.91. The summed E-state index contributed by atoms with van der Waals surface area (Å²) in [6.07, 6.45) is 0. The number of thioether (sulfide) groups is 2. The SMILES string of the molecule is Cn1nnnc1SCC(=O)Nc1nonc1NC(=O)CSc1nnnn1C. The van der Waals surface area contributed by atoms with E-state index in [0.29, 0.717) is 10.3 Å². The Labute approximate surface area is 159 Å². The fourth-order valence-corrected chi connectivity index (χ4v) is 2.94. The number of hydrogen-bond donors (Lipinski definition) is 2. The van der Waals surface area contributed by atoms with Gasteiger partial charge >= 0.3 is 0 Å². The molecule has 17 heteroatoms. The third-order valence-corrected chi connectivity index (χ3v) is 4.85. The highest BCUT2D eigenvalue weighted by atomic mass is 32.2. The van der Waals surface area contributed by atoms with Crippen LogP contribution in [-0.2, 0) is 23.7 Å². The van der Waals surface area contributed by atoms with Crippen LogP contribution in [0.1, 0.15) is 0 Å². The Balaban J connectivity index is 1.49. The van der Waals surface area contributed by atoms with Crippen molar-refractivity contribution in [3.05, 3.63) is 0 Å². The van der Waals surface area contributed by atoms with Crippen molar-refractivity contribution in [2.24, 2.45) is 14.1 Å². The summed E-state index contributed by atoms with van der Waals surface area (Å²) in [5.41, 5.74) is 0. The highest BCUT2D eigenvalue weighted by molar-refractivity contribution is 8.00. The maximum atomic E-state index is 12.0. The minimum atomic E-state index is -0.395. The molecule has 3 rings (SSSR count). The predicted octanol–water partition coefficient (Wildman–Crippen LogP) is -1.42. The predicted molar refractivity (Wildman–Crippen MR) is 90.6 cm³/mol. The molecule has 0 atom stereocenters. The molecular formula is C10H12N12O3S2. The summed E-state index contributed by atoms with van der Waals surface area (Å²) < 4.78 is 7.44. The van der Waals surface area contributed by atoms with E-state index in [2.05, 4.69) is 56.6 Å².